The second-order valence-electron chi connectivity index (χ2n) is 6.48. The zero-order chi connectivity index (χ0) is 13.7. The number of Topliss-reactive ketones (excluding diaryl/α,β-unsaturated/α-hetero) is 1. The van der Waals surface area contributed by atoms with Crippen LogP contribution in [0.4, 0.5) is 0 Å². The quantitative estimate of drug-likeness (QED) is 0.800. The van der Waals surface area contributed by atoms with Crippen LogP contribution < -0.4 is 4.72 Å². The smallest absolute Gasteiger partial charge is 0.211 e. The minimum atomic E-state index is -3.21. The summed E-state index contributed by atoms with van der Waals surface area (Å²) in [6.45, 7) is 3.90. The summed E-state index contributed by atoms with van der Waals surface area (Å²) in [5.41, 5.74) is -0.201. The van der Waals surface area contributed by atoms with Crippen LogP contribution in [0.15, 0.2) is 0 Å². The van der Waals surface area contributed by atoms with Crippen molar-refractivity contribution >= 4 is 15.8 Å². The molecule has 5 nitrogen and oxygen atoms in total. The maximum absolute atomic E-state index is 12.4. The summed E-state index contributed by atoms with van der Waals surface area (Å²) < 4.78 is 26.4. The summed E-state index contributed by atoms with van der Waals surface area (Å²) in [5, 5.41) is 0. The Labute approximate surface area is 114 Å². The Balaban J connectivity index is 1.62. The molecule has 4 fully saturated rings. The highest BCUT2D eigenvalue weighted by molar-refractivity contribution is 7.89. The molecular formula is C13H22N2O3S. The summed E-state index contributed by atoms with van der Waals surface area (Å²) in [5.74, 6) is 0.332. The highest BCUT2D eigenvalue weighted by Crippen LogP contribution is 2.40. The van der Waals surface area contributed by atoms with Gasteiger partial charge in [0, 0.05) is 11.5 Å². The van der Waals surface area contributed by atoms with E-state index in [4.69, 9.17) is 0 Å². The minimum Gasteiger partial charge on any atom is -0.297 e. The second-order valence-corrected chi connectivity index (χ2v) is 8.35. The Morgan fingerprint density at radius 3 is 2.53 bits per heavy atom. The number of sulfonamides is 1. The number of ketones is 1. The molecule has 4 aliphatic rings. The van der Waals surface area contributed by atoms with Gasteiger partial charge >= 0.3 is 0 Å². The van der Waals surface area contributed by atoms with Crippen LogP contribution in [-0.4, -0.2) is 50.0 Å². The number of fused-ring (bicyclic) bond motifs is 3. The van der Waals surface area contributed by atoms with Crippen molar-refractivity contribution in [1.82, 2.24) is 9.62 Å². The Hall–Kier alpha value is -0.460. The van der Waals surface area contributed by atoms with Gasteiger partial charge in [0.15, 0.2) is 5.78 Å². The largest absolute Gasteiger partial charge is 0.297 e. The van der Waals surface area contributed by atoms with Crippen molar-refractivity contribution in [2.45, 2.75) is 51.1 Å². The molecule has 4 rings (SSSR count). The lowest BCUT2D eigenvalue weighted by Crippen LogP contribution is -2.60. The molecule has 1 unspecified atom stereocenters. The molecule has 3 saturated heterocycles. The predicted octanol–water partition coefficient (Wildman–Crippen LogP) is 0.512. The van der Waals surface area contributed by atoms with Crippen molar-refractivity contribution in [3.63, 3.8) is 0 Å². The predicted molar refractivity (Wildman–Crippen MR) is 72.3 cm³/mol. The lowest BCUT2D eigenvalue weighted by Gasteiger charge is -2.50. The highest BCUT2D eigenvalue weighted by Gasteiger charge is 2.48. The number of piperidine rings is 3. The molecule has 0 spiro atoms. The first-order valence-corrected chi connectivity index (χ1v) is 8.83. The van der Waals surface area contributed by atoms with Crippen LogP contribution in [-0.2, 0) is 14.8 Å². The fourth-order valence-corrected chi connectivity index (χ4v) is 4.63. The SMILES string of the molecule is CC12CCN(CC1)C(CCS(=O)(=O)NC1CC1)C2=O. The van der Waals surface area contributed by atoms with Gasteiger partial charge in [0.25, 0.3) is 0 Å². The lowest BCUT2D eigenvalue weighted by atomic mass is 9.69. The van der Waals surface area contributed by atoms with E-state index in [-0.39, 0.29) is 29.0 Å². The van der Waals surface area contributed by atoms with Gasteiger partial charge < -0.3 is 0 Å². The molecule has 1 saturated carbocycles. The summed E-state index contributed by atoms with van der Waals surface area (Å²) in [7, 11) is -3.21. The standard InChI is InChI=1S/C13H22N2O3S/c1-13-5-7-15(8-6-13)11(12(13)16)4-9-19(17,18)14-10-2-3-10/h10-11,14H,2-9H2,1H3. The van der Waals surface area contributed by atoms with Crippen molar-refractivity contribution in [2.24, 2.45) is 5.41 Å². The van der Waals surface area contributed by atoms with Gasteiger partial charge in [-0.25, -0.2) is 13.1 Å². The Kier molecular flexibility index (Phi) is 3.22. The van der Waals surface area contributed by atoms with Gasteiger partial charge in [0.2, 0.25) is 10.0 Å². The van der Waals surface area contributed by atoms with Gasteiger partial charge in [0.1, 0.15) is 0 Å². The molecule has 0 aromatic heterocycles. The normalized spacial score (nSPS) is 38.7. The highest BCUT2D eigenvalue weighted by atomic mass is 32.2. The fourth-order valence-electron chi connectivity index (χ4n) is 3.24. The maximum atomic E-state index is 12.4. The fraction of sp³-hybridized carbons (Fsp3) is 0.923. The van der Waals surface area contributed by atoms with E-state index in [1.165, 1.54) is 0 Å². The molecule has 1 atom stereocenters. The molecule has 0 amide bonds. The molecule has 3 aliphatic heterocycles. The number of carbonyl (C=O) groups excluding carboxylic acids is 1. The van der Waals surface area contributed by atoms with Gasteiger partial charge in [-0.05, 0) is 45.2 Å². The number of hydrogen-bond acceptors (Lipinski definition) is 4. The average molecular weight is 286 g/mol. The van der Waals surface area contributed by atoms with Crippen LogP contribution in [0.25, 0.3) is 0 Å². The van der Waals surface area contributed by atoms with Crippen LogP contribution >= 0.6 is 0 Å². The Morgan fingerprint density at radius 2 is 1.95 bits per heavy atom. The molecule has 19 heavy (non-hydrogen) atoms. The van der Waals surface area contributed by atoms with Crippen LogP contribution in [0.3, 0.4) is 0 Å². The first kappa shape index (κ1) is 13.5. The minimum absolute atomic E-state index is 0.0759. The Morgan fingerprint density at radius 1 is 1.32 bits per heavy atom. The molecule has 1 aliphatic carbocycles. The van der Waals surface area contributed by atoms with Crippen molar-refractivity contribution in [3.8, 4) is 0 Å². The molecule has 0 aromatic carbocycles. The van der Waals surface area contributed by atoms with Crippen LogP contribution in [0.2, 0.25) is 0 Å². The third kappa shape index (κ3) is 2.71. The maximum Gasteiger partial charge on any atom is 0.211 e. The van der Waals surface area contributed by atoms with Crippen LogP contribution in [0, 0.1) is 5.41 Å². The van der Waals surface area contributed by atoms with Gasteiger partial charge in [0.05, 0.1) is 11.8 Å². The first-order valence-electron chi connectivity index (χ1n) is 7.18. The summed E-state index contributed by atoms with van der Waals surface area (Å²) in [6, 6.07) is -0.0235. The van der Waals surface area contributed by atoms with Gasteiger partial charge in [-0.3, -0.25) is 9.69 Å². The van der Waals surface area contributed by atoms with E-state index >= 15 is 0 Å². The van der Waals surface area contributed by atoms with Crippen LogP contribution in [0.5, 0.6) is 0 Å². The molecule has 3 heterocycles. The monoisotopic (exact) mass is 286 g/mol. The summed E-state index contributed by atoms with van der Waals surface area (Å²) in [6.07, 6.45) is 4.19. The van der Waals surface area contributed by atoms with Crippen molar-refractivity contribution < 1.29 is 13.2 Å². The number of hydrogen-bond donors (Lipinski definition) is 1. The average Bonchev–Trinajstić information content (AvgIpc) is 3.13. The lowest BCUT2D eigenvalue weighted by molar-refractivity contribution is -0.146. The van der Waals surface area contributed by atoms with E-state index < -0.39 is 10.0 Å². The van der Waals surface area contributed by atoms with E-state index in [1.54, 1.807) is 0 Å². The van der Waals surface area contributed by atoms with Crippen molar-refractivity contribution in [3.05, 3.63) is 0 Å². The van der Waals surface area contributed by atoms with E-state index in [0.29, 0.717) is 6.42 Å². The first-order chi connectivity index (χ1) is 8.90. The zero-order valence-corrected chi connectivity index (χ0v) is 12.2. The van der Waals surface area contributed by atoms with E-state index in [9.17, 15) is 13.2 Å². The number of rotatable bonds is 5. The van der Waals surface area contributed by atoms with Crippen molar-refractivity contribution in [1.29, 1.82) is 0 Å². The molecule has 0 radical (unpaired) electrons. The molecule has 2 bridgehead atoms. The van der Waals surface area contributed by atoms with Crippen LogP contribution in [0.1, 0.15) is 39.0 Å². The molecule has 108 valence electrons. The summed E-state index contributed by atoms with van der Waals surface area (Å²) >= 11 is 0. The number of nitrogens with zero attached hydrogens (tertiary/aromatic N) is 1. The third-order valence-corrected chi connectivity index (χ3v) is 6.29. The van der Waals surface area contributed by atoms with Crippen molar-refractivity contribution in [2.75, 3.05) is 18.8 Å². The molecule has 0 aromatic rings. The molecule has 1 N–H and O–H groups in total. The van der Waals surface area contributed by atoms with Gasteiger partial charge in [-0.15, -0.1) is 0 Å². The molecular weight excluding hydrogens is 264 g/mol. The van der Waals surface area contributed by atoms with E-state index in [2.05, 4.69) is 9.62 Å². The Bertz CT molecular complexity index is 476. The van der Waals surface area contributed by atoms with E-state index in [1.807, 2.05) is 6.92 Å². The summed E-state index contributed by atoms with van der Waals surface area (Å²) in [4.78, 5) is 14.6. The van der Waals surface area contributed by atoms with E-state index in [0.717, 1.165) is 38.8 Å². The number of carbonyl (C=O) groups is 1. The third-order valence-electron chi connectivity index (χ3n) is 4.82. The zero-order valence-electron chi connectivity index (χ0n) is 11.4. The second kappa shape index (κ2) is 4.53. The number of nitrogens with one attached hydrogen (secondary N) is 1. The topological polar surface area (TPSA) is 66.5 Å². The van der Waals surface area contributed by atoms with Gasteiger partial charge in [-0.2, -0.15) is 0 Å². The molecule has 6 heteroatoms. The van der Waals surface area contributed by atoms with Gasteiger partial charge in [-0.1, -0.05) is 6.92 Å².